The number of halogens is 1. The molecule has 1 heterocycles. The standard InChI is InChI=1S/C18H23FN4O3/c19-16-1-3-17(4-2-16)22-6-8-23(9-7-22)18(25)15(13-20)14-21-5-11-26-12-10-24/h1-4,14,21,24H,5-12H2/b15-14-. The highest BCUT2D eigenvalue weighted by Crippen LogP contribution is 2.17. The Hall–Kier alpha value is -2.63. The number of hydrogen-bond acceptors (Lipinski definition) is 6. The summed E-state index contributed by atoms with van der Waals surface area (Å²) in [4.78, 5) is 16.2. The van der Waals surface area contributed by atoms with E-state index in [4.69, 9.17) is 9.84 Å². The van der Waals surface area contributed by atoms with Crippen LogP contribution in [-0.4, -0.2) is 68.5 Å². The van der Waals surface area contributed by atoms with Crippen LogP contribution in [0.15, 0.2) is 36.0 Å². The first kappa shape index (κ1) is 19.7. The van der Waals surface area contributed by atoms with Gasteiger partial charge in [-0.3, -0.25) is 4.79 Å². The van der Waals surface area contributed by atoms with Gasteiger partial charge in [0.15, 0.2) is 0 Å². The van der Waals surface area contributed by atoms with Crippen LogP contribution >= 0.6 is 0 Å². The SMILES string of the molecule is N#C/C(=C/NCCOCCO)C(=O)N1CCN(c2ccc(F)cc2)CC1. The molecule has 26 heavy (non-hydrogen) atoms. The Morgan fingerprint density at radius 2 is 1.96 bits per heavy atom. The zero-order chi connectivity index (χ0) is 18.8. The molecule has 1 aliphatic heterocycles. The number of aliphatic hydroxyl groups excluding tert-OH is 1. The third-order valence-corrected chi connectivity index (χ3v) is 3.98. The number of nitrogens with one attached hydrogen (secondary N) is 1. The summed E-state index contributed by atoms with van der Waals surface area (Å²) in [5.41, 5.74) is 0.960. The molecule has 7 nitrogen and oxygen atoms in total. The number of amides is 1. The van der Waals surface area contributed by atoms with Crippen molar-refractivity contribution >= 4 is 11.6 Å². The fraction of sp³-hybridized carbons (Fsp3) is 0.444. The molecule has 1 aliphatic rings. The number of rotatable bonds is 8. The van der Waals surface area contributed by atoms with E-state index in [0.29, 0.717) is 39.3 Å². The Morgan fingerprint density at radius 1 is 1.27 bits per heavy atom. The predicted molar refractivity (Wildman–Crippen MR) is 94.8 cm³/mol. The highest BCUT2D eigenvalue weighted by atomic mass is 19.1. The third-order valence-electron chi connectivity index (χ3n) is 3.98. The predicted octanol–water partition coefficient (Wildman–Crippen LogP) is 0.480. The van der Waals surface area contributed by atoms with Crippen molar-refractivity contribution in [2.45, 2.75) is 0 Å². The van der Waals surface area contributed by atoms with Crippen molar-refractivity contribution in [2.24, 2.45) is 0 Å². The fourth-order valence-electron chi connectivity index (χ4n) is 2.60. The molecule has 0 spiro atoms. The van der Waals surface area contributed by atoms with Crippen LogP contribution in [0.3, 0.4) is 0 Å². The lowest BCUT2D eigenvalue weighted by molar-refractivity contribution is -0.127. The fourth-order valence-corrected chi connectivity index (χ4v) is 2.60. The number of aliphatic hydroxyl groups is 1. The Labute approximate surface area is 152 Å². The van der Waals surface area contributed by atoms with Gasteiger partial charge >= 0.3 is 0 Å². The second-order valence-corrected chi connectivity index (χ2v) is 5.72. The maximum absolute atomic E-state index is 13.0. The average molecular weight is 362 g/mol. The molecule has 0 radical (unpaired) electrons. The van der Waals surface area contributed by atoms with Gasteiger partial charge in [0.25, 0.3) is 5.91 Å². The van der Waals surface area contributed by atoms with Crippen molar-refractivity contribution in [3.63, 3.8) is 0 Å². The van der Waals surface area contributed by atoms with Crippen LogP contribution in [0.25, 0.3) is 0 Å². The average Bonchev–Trinajstić information content (AvgIpc) is 2.68. The van der Waals surface area contributed by atoms with Crippen molar-refractivity contribution in [2.75, 3.05) is 57.4 Å². The number of anilines is 1. The Morgan fingerprint density at radius 3 is 2.58 bits per heavy atom. The van der Waals surface area contributed by atoms with Crippen LogP contribution in [0.4, 0.5) is 10.1 Å². The van der Waals surface area contributed by atoms with Crippen LogP contribution in [0.2, 0.25) is 0 Å². The first-order chi connectivity index (χ1) is 12.7. The number of carbonyl (C=O) groups excluding carboxylic acids is 1. The number of ether oxygens (including phenoxy) is 1. The van der Waals surface area contributed by atoms with E-state index in [0.717, 1.165) is 5.69 Å². The van der Waals surface area contributed by atoms with Crippen molar-refractivity contribution in [3.05, 3.63) is 41.9 Å². The van der Waals surface area contributed by atoms with E-state index < -0.39 is 0 Å². The molecule has 0 aliphatic carbocycles. The van der Waals surface area contributed by atoms with Gasteiger partial charge in [0.05, 0.1) is 19.8 Å². The van der Waals surface area contributed by atoms with Crippen LogP contribution in [0.5, 0.6) is 0 Å². The summed E-state index contributed by atoms with van der Waals surface area (Å²) in [6, 6.07) is 8.19. The molecule has 1 fully saturated rings. The van der Waals surface area contributed by atoms with Gasteiger partial charge in [0, 0.05) is 44.6 Å². The van der Waals surface area contributed by atoms with Crippen LogP contribution in [-0.2, 0) is 9.53 Å². The van der Waals surface area contributed by atoms with Crippen molar-refractivity contribution < 1.29 is 19.0 Å². The van der Waals surface area contributed by atoms with Gasteiger partial charge in [-0.25, -0.2) is 4.39 Å². The third kappa shape index (κ3) is 5.72. The molecule has 0 aromatic heterocycles. The molecule has 0 atom stereocenters. The molecule has 2 N–H and O–H groups in total. The maximum Gasteiger partial charge on any atom is 0.266 e. The largest absolute Gasteiger partial charge is 0.394 e. The zero-order valence-corrected chi connectivity index (χ0v) is 14.5. The van der Waals surface area contributed by atoms with Crippen molar-refractivity contribution in [3.8, 4) is 6.07 Å². The van der Waals surface area contributed by atoms with E-state index in [1.165, 1.54) is 18.3 Å². The normalized spacial score (nSPS) is 14.9. The number of hydrogen-bond donors (Lipinski definition) is 2. The highest BCUT2D eigenvalue weighted by molar-refractivity contribution is 5.97. The van der Waals surface area contributed by atoms with Gasteiger partial charge in [-0.2, -0.15) is 5.26 Å². The Kier molecular flexibility index (Phi) is 7.86. The Balaban J connectivity index is 1.82. The summed E-state index contributed by atoms with van der Waals surface area (Å²) < 4.78 is 18.1. The smallest absolute Gasteiger partial charge is 0.266 e. The van der Waals surface area contributed by atoms with Gasteiger partial charge in [0.1, 0.15) is 17.5 Å². The number of benzene rings is 1. The van der Waals surface area contributed by atoms with Gasteiger partial charge in [-0.1, -0.05) is 0 Å². The van der Waals surface area contributed by atoms with Crippen LogP contribution in [0, 0.1) is 17.1 Å². The summed E-state index contributed by atoms with van der Waals surface area (Å²) in [5, 5.41) is 20.7. The van der Waals surface area contributed by atoms with E-state index in [9.17, 15) is 14.4 Å². The summed E-state index contributed by atoms with van der Waals surface area (Å²) in [6.07, 6.45) is 1.40. The van der Waals surface area contributed by atoms with Crippen molar-refractivity contribution in [1.82, 2.24) is 10.2 Å². The lowest BCUT2D eigenvalue weighted by atomic mass is 10.2. The van der Waals surface area contributed by atoms with Gasteiger partial charge in [-0.15, -0.1) is 0 Å². The molecule has 1 saturated heterocycles. The van der Waals surface area contributed by atoms with Crippen LogP contribution in [0.1, 0.15) is 0 Å². The first-order valence-electron chi connectivity index (χ1n) is 8.47. The number of nitrogens with zero attached hydrogens (tertiary/aromatic N) is 3. The van der Waals surface area contributed by atoms with Gasteiger partial charge < -0.3 is 25.0 Å². The molecule has 0 unspecified atom stereocenters. The number of carbonyl (C=O) groups is 1. The second kappa shape index (κ2) is 10.4. The topological polar surface area (TPSA) is 88.8 Å². The maximum atomic E-state index is 13.0. The monoisotopic (exact) mass is 362 g/mol. The van der Waals surface area contributed by atoms with E-state index in [1.807, 2.05) is 6.07 Å². The molecule has 1 aromatic rings. The lowest BCUT2D eigenvalue weighted by Crippen LogP contribution is -2.49. The zero-order valence-electron chi connectivity index (χ0n) is 14.5. The van der Waals surface area contributed by atoms with E-state index >= 15 is 0 Å². The van der Waals surface area contributed by atoms with Crippen LogP contribution < -0.4 is 10.2 Å². The molecule has 0 bridgehead atoms. The van der Waals surface area contributed by atoms with E-state index in [-0.39, 0.29) is 30.5 Å². The van der Waals surface area contributed by atoms with Crippen molar-refractivity contribution in [1.29, 1.82) is 5.26 Å². The Bertz CT molecular complexity index is 649. The van der Waals surface area contributed by atoms with E-state index in [2.05, 4.69) is 10.2 Å². The second-order valence-electron chi connectivity index (χ2n) is 5.72. The molecule has 1 amide bonds. The molecule has 140 valence electrons. The lowest BCUT2D eigenvalue weighted by Gasteiger charge is -2.36. The highest BCUT2D eigenvalue weighted by Gasteiger charge is 2.23. The molecule has 2 rings (SSSR count). The number of piperazine rings is 1. The quantitative estimate of drug-likeness (QED) is 0.397. The minimum Gasteiger partial charge on any atom is -0.394 e. The van der Waals surface area contributed by atoms with Gasteiger partial charge in [0.2, 0.25) is 0 Å². The summed E-state index contributed by atoms with van der Waals surface area (Å²) in [5.74, 6) is -0.587. The molecule has 0 saturated carbocycles. The molecule has 1 aromatic carbocycles. The minimum absolute atomic E-state index is 0.0400. The molecular formula is C18H23FN4O3. The first-order valence-corrected chi connectivity index (χ1v) is 8.47. The molecule has 8 heteroatoms. The minimum atomic E-state index is -0.310. The van der Waals surface area contributed by atoms with E-state index in [1.54, 1.807) is 17.0 Å². The summed E-state index contributed by atoms with van der Waals surface area (Å²) in [6.45, 7) is 3.27. The molecular weight excluding hydrogens is 339 g/mol. The summed E-state index contributed by atoms with van der Waals surface area (Å²) in [7, 11) is 0. The van der Waals surface area contributed by atoms with Gasteiger partial charge in [-0.05, 0) is 24.3 Å². The number of nitriles is 1. The summed E-state index contributed by atoms with van der Waals surface area (Å²) >= 11 is 0.